The minimum absolute atomic E-state index is 0.487. The molecule has 1 fully saturated rings. The summed E-state index contributed by atoms with van der Waals surface area (Å²) in [5, 5.41) is 5.97. The first-order valence-corrected chi connectivity index (χ1v) is 9.72. The topological polar surface area (TPSA) is 69.1 Å². The van der Waals surface area contributed by atoms with Crippen LogP contribution in [-0.4, -0.2) is 24.8 Å². The third-order valence-electron chi connectivity index (χ3n) is 4.66. The van der Waals surface area contributed by atoms with E-state index in [9.17, 15) is 0 Å². The minimum Gasteiger partial charge on any atom is -0.380 e. The fourth-order valence-electron chi connectivity index (χ4n) is 3.45. The number of nitrogen functional groups attached to an aromatic ring is 1. The third kappa shape index (κ3) is 3.97. The third-order valence-corrected chi connectivity index (χ3v) is 5.69. The number of aromatic nitrogens is 4. The highest BCUT2D eigenvalue weighted by atomic mass is 32.2. The molecule has 0 aliphatic heterocycles. The molecule has 2 heterocycles. The van der Waals surface area contributed by atoms with Gasteiger partial charge >= 0.3 is 0 Å². The second-order valence-electron chi connectivity index (χ2n) is 6.69. The number of rotatable bonds is 6. The molecular formula is C17H27N5S. The lowest BCUT2D eigenvalue weighted by atomic mass is 9.86. The predicted molar refractivity (Wildman–Crippen MR) is 95.7 cm³/mol. The fraction of sp³-hybridized carbons (Fsp3) is 0.706. The molecule has 1 atom stereocenters. The van der Waals surface area contributed by atoms with Crippen LogP contribution in [0.5, 0.6) is 0 Å². The number of imidazole rings is 1. The van der Waals surface area contributed by atoms with Crippen LogP contribution in [0.3, 0.4) is 0 Å². The molecule has 23 heavy (non-hydrogen) atoms. The van der Waals surface area contributed by atoms with E-state index in [-0.39, 0.29) is 0 Å². The van der Waals surface area contributed by atoms with Gasteiger partial charge in [0.15, 0.2) is 11.5 Å². The molecule has 1 aliphatic rings. The Bertz CT molecular complexity index is 648. The monoisotopic (exact) mass is 333 g/mol. The lowest BCUT2D eigenvalue weighted by Crippen LogP contribution is -2.12. The Balaban J connectivity index is 1.83. The summed E-state index contributed by atoms with van der Waals surface area (Å²) in [6.45, 7) is 4.42. The molecule has 0 bridgehead atoms. The molecule has 0 radical (unpaired) electrons. The molecule has 0 spiro atoms. The Kier molecular flexibility index (Phi) is 5.41. The highest BCUT2D eigenvalue weighted by Gasteiger charge is 2.18. The molecule has 0 amide bonds. The molecule has 3 rings (SSSR count). The van der Waals surface area contributed by atoms with Crippen LogP contribution in [0.2, 0.25) is 0 Å². The Labute approximate surface area is 142 Å². The van der Waals surface area contributed by atoms with Crippen molar-refractivity contribution in [2.75, 3.05) is 5.73 Å². The summed E-state index contributed by atoms with van der Waals surface area (Å²) in [7, 11) is 0. The average Bonchev–Trinajstić information content (AvgIpc) is 2.92. The summed E-state index contributed by atoms with van der Waals surface area (Å²) in [6, 6.07) is 0. The van der Waals surface area contributed by atoms with Gasteiger partial charge in [-0.05, 0) is 18.8 Å². The molecule has 0 unspecified atom stereocenters. The van der Waals surface area contributed by atoms with Gasteiger partial charge in [0, 0.05) is 5.25 Å². The molecule has 0 aromatic carbocycles. The van der Waals surface area contributed by atoms with Crippen LogP contribution in [0.25, 0.3) is 5.65 Å². The van der Waals surface area contributed by atoms with Crippen LogP contribution in [0.15, 0.2) is 11.4 Å². The van der Waals surface area contributed by atoms with Gasteiger partial charge in [-0.25, -0.2) is 14.5 Å². The molecule has 2 N–H and O–H groups in total. The van der Waals surface area contributed by atoms with Gasteiger partial charge < -0.3 is 5.73 Å². The summed E-state index contributed by atoms with van der Waals surface area (Å²) in [5.74, 6) is 1.25. The minimum atomic E-state index is 0.487. The molecule has 0 saturated heterocycles. The van der Waals surface area contributed by atoms with Crippen molar-refractivity contribution in [3.63, 3.8) is 0 Å². The molecule has 6 heteroatoms. The van der Waals surface area contributed by atoms with E-state index in [0.717, 1.165) is 23.9 Å². The van der Waals surface area contributed by atoms with E-state index < -0.39 is 0 Å². The maximum Gasteiger partial charge on any atom is 0.209 e. The van der Waals surface area contributed by atoms with E-state index in [1.807, 2.05) is 10.7 Å². The normalized spacial score (nSPS) is 17.7. The smallest absolute Gasteiger partial charge is 0.209 e. The molecule has 1 saturated carbocycles. The summed E-state index contributed by atoms with van der Waals surface area (Å²) in [5.41, 5.74) is 7.98. The van der Waals surface area contributed by atoms with Crippen molar-refractivity contribution in [3.8, 4) is 0 Å². The number of thioether (sulfide) groups is 1. The quantitative estimate of drug-likeness (QED) is 0.806. The van der Waals surface area contributed by atoms with Gasteiger partial charge in [0.1, 0.15) is 0 Å². The SMILES string of the molecule is CCC[C@H](C)Sc1nc(N)c2ncc(CC3CCCCC3)n2n1. The molecule has 1 aliphatic carbocycles. The van der Waals surface area contributed by atoms with Crippen LogP contribution in [0.4, 0.5) is 5.82 Å². The van der Waals surface area contributed by atoms with Crippen molar-refractivity contribution in [2.24, 2.45) is 5.92 Å². The van der Waals surface area contributed by atoms with Crippen LogP contribution in [0.1, 0.15) is 64.5 Å². The van der Waals surface area contributed by atoms with Crippen LogP contribution in [-0.2, 0) is 6.42 Å². The number of hydrogen-bond donors (Lipinski definition) is 1. The maximum absolute atomic E-state index is 6.11. The van der Waals surface area contributed by atoms with E-state index in [4.69, 9.17) is 10.8 Å². The van der Waals surface area contributed by atoms with Crippen molar-refractivity contribution < 1.29 is 0 Å². The van der Waals surface area contributed by atoms with Gasteiger partial charge in [-0.15, -0.1) is 5.10 Å². The number of anilines is 1. The standard InChI is InChI=1S/C17H27N5S/c1-3-7-12(2)23-17-20-15(18)16-19-11-14(22(16)21-17)10-13-8-5-4-6-9-13/h11-13H,3-10H2,1-2H3,(H2,18,20,21)/t12-/m0/s1. The van der Waals surface area contributed by atoms with Crippen LogP contribution < -0.4 is 5.73 Å². The van der Waals surface area contributed by atoms with Crippen molar-refractivity contribution in [3.05, 3.63) is 11.9 Å². The zero-order valence-corrected chi connectivity index (χ0v) is 15.0. The molecule has 5 nitrogen and oxygen atoms in total. The van der Waals surface area contributed by atoms with Gasteiger partial charge in [0.25, 0.3) is 0 Å². The number of nitrogens with two attached hydrogens (primary N) is 1. The van der Waals surface area contributed by atoms with Crippen molar-refractivity contribution in [1.29, 1.82) is 0 Å². The van der Waals surface area contributed by atoms with Crippen molar-refractivity contribution in [2.45, 2.75) is 75.6 Å². The summed E-state index contributed by atoms with van der Waals surface area (Å²) in [6.07, 6.45) is 12.0. The van der Waals surface area contributed by atoms with Gasteiger partial charge in [-0.3, -0.25) is 0 Å². The van der Waals surface area contributed by atoms with Crippen LogP contribution >= 0.6 is 11.8 Å². The fourth-order valence-corrected chi connectivity index (χ4v) is 4.44. The highest BCUT2D eigenvalue weighted by Crippen LogP contribution is 2.28. The lowest BCUT2D eigenvalue weighted by molar-refractivity contribution is 0.352. The van der Waals surface area contributed by atoms with Gasteiger partial charge in [-0.2, -0.15) is 0 Å². The summed E-state index contributed by atoms with van der Waals surface area (Å²) < 4.78 is 1.93. The zero-order chi connectivity index (χ0) is 16.2. The van der Waals surface area contributed by atoms with E-state index in [1.54, 1.807) is 11.8 Å². The predicted octanol–water partition coefficient (Wildman–Crippen LogP) is 4.11. The Morgan fingerprint density at radius 1 is 1.35 bits per heavy atom. The molecular weight excluding hydrogens is 306 g/mol. The Hall–Kier alpha value is -1.30. The average molecular weight is 334 g/mol. The highest BCUT2D eigenvalue weighted by molar-refractivity contribution is 7.99. The first-order chi connectivity index (χ1) is 11.2. The second-order valence-corrected chi connectivity index (χ2v) is 8.10. The molecule has 2 aromatic heterocycles. The summed E-state index contributed by atoms with van der Waals surface area (Å²) >= 11 is 1.70. The Morgan fingerprint density at radius 2 is 2.13 bits per heavy atom. The Morgan fingerprint density at radius 3 is 2.87 bits per heavy atom. The molecule has 2 aromatic rings. The number of nitrogens with zero attached hydrogens (tertiary/aromatic N) is 4. The van der Waals surface area contributed by atoms with Crippen molar-refractivity contribution >= 4 is 23.2 Å². The first kappa shape index (κ1) is 16.6. The van der Waals surface area contributed by atoms with Crippen molar-refractivity contribution in [1.82, 2.24) is 19.6 Å². The molecule has 126 valence electrons. The number of fused-ring (bicyclic) bond motifs is 1. The van der Waals surface area contributed by atoms with E-state index in [2.05, 4.69) is 23.8 Å². The zero-order valence-electron chi connectivity index (χ0n) is 14.2. The largest absolute Gasteiger partial charge is 0.380 e. The summed E-state index contributed by atoms with van der Waals surface area (Å²) in [4.78, 5) is 8.87. The number of hydrogen-bond acceptors (Lipinski definition) is 5. The van der Waals surface area contributed by atoms with E-state index in [1.165, 1.54) is 44.2 Å². The van der Waals surface area contributed by atoms with E-state index in [0.29, 0.717) is 16.7 Å². The first-order valence-electron chi connectivity index (χ1n) is 8.84. The van der Waals surface area contributed by atoms with Gasteiger partial charge in [0.2, 0.25) is 5.16 Å². The van der Waals surface area contributed by atoms with E-state index >= 15 is 0 Å². The van der Waals surface area contributed by atoms with Crippen LogP contribution in [0, 0.1) is 5.92 Å². The van der Waals surface area contributed by atoms with Gasteiger partial charge in [0.05, 0.1) is 11.9 Å². The maximum atomic E-state index is 6.11. The second kappa shape index (κ2) is 7.51. The van der Waals surface area contributed by atoms with Gasteiger partial charge in [-0.1, -0.05) is 64.1 Å². The lowest BCUT2D eigenvalue weighted by Gasteiger charge is -2.20.